The molecule has 7 heteroatoms. The Morgan fingerprint density at radius 3 is 2.47 bits per heavy atom. The second-order valence-electron chi connectivity index (χ2n) is 7.11. The molecule has 2 N–H and O–H groups in total. The normalized spacial score (nSPS) is 12.3. The van der Waals surface area contributed by atoms with E-state index < -0.39 is 10.8 Å². The van der Waals surface area contributed by atoms with Gasteiger partial charge in [0.15, 0.2) is 5.96 Å². The summed E-state index contributed by atoms with van der Waals surface area (Å²) in [6.45, 7) is 3.97. The third kappa shape index (κ3) is 8.37. The van der Waals surface area contributed by atoms with Crippen molar-refractivity contribution in [3.63, 3.8) is 0 Å². The Hall–Kier alpha value is -2.67. The molecule has 0 aromatic heterocycles. The average Bonchev–Trinajstić information content (AvgIpc) is 2.74. The molecule has 0 spiro atoms. The summed E-state index contributed by atoms with van der Waals surface area (Å²) in [7, 11) is 2.57. The number of nitrogens with one attached hydrogen (secondary N) is 2. The minimum atomic E-state index is -0.936. The van der Waals surface area contributed by atoms with Crippen LogP contribution in [0.3, 0.4) is 0 Å². The van der Waals surface area contributed by atoms with E-state index in [2.05, 4.69) is 15.6 Å². The molecule has 2 rings (SSSR count). The first-order chi connectivity index (χ1) is 14.5. The maximum Gasteiger partial charge on any atom is 0.253 e. The lowest BCUT2D eigenvalue weighted by atomic mass is 10.1. The lowest BCUT2D eigenvalue weighted by Gasteiger charge is -2.13. The zero-order chi connectivity index (χ0) is 21.8. The summed E-state index contributed by atoms with van der Waals surface area (Å²) >= 11 is 0. The van der Waals surface area contributed by atoms with Crippen LogP contribution in [0.15, 0.2) is 59.6 Å². The Balaban J connectivity index is 1.81. The molecule has 30 heavy (non-hydrogen) atoms. The van der Waals surface area contributed by atoms with Crippen molar-refractivity contribution in [2.75, 3.05) is 39.5 Å². The second kappa shape index (κ2) is 12.8. The van der Waals surface area contributed by atoms with Crippen LogP contribution in [0.2, 0.25) is 0 Å². The largest absolute Gasteiger partial charge is 0.357 e. The number of benzene rings is 2. The van der Waals surface area contributed by atoms with Crippen LogP contribution in [0.25, 0.3) is 0 Å². The number of carbonyl (C=O) groups is 1. The van der Waals surface area contributed by atoms with Gasteiger partial charge in [0.1, 0.15) is 0 Å². The quantitative estimate of drug-likeness (QED) is 0.450. The van der Waals surface area contributed by atoms with Crippen LogP contribution in [-0.2, 0) is 23.0 Å². The predicted molar refractivity (Wildman–Crippen MR) is 125 cm³/mol. The lowest BCUT2D eigenvalue weighted by Crippen LogP contribution is -2.38. The molecule has 1 amide bonds. The highest BCUT2D eigenvalue weighted by molar-refractivity contribution is 7.84. The monoisotopic (exact) mass is 428 g/mol. The standard InChI is InChI=1S/C23H32N4O2S/c1-4-24-23(26-15-16-30(29)18-20-9-6-5-7-10-20)25-14-13-19-11-8-12-21(17-19)22(28)27(2)3/h5-12,17H,4,13-16,18H2,1-3H3,(H2,24,25,26). The molecule has 1 atom stereocenters. The summed E-state index contributed by atoms with van der Waals surface area (Å²) in [5, 5.41) is 6.52. The van der Waals surface area contributed by atoms with Crippen molar-refractivity contribution in [2.45, 2.75) is 19.1 Å². The number of aliphatic imine (C=N–C) groups is 1. The first-order valence-electron chi connectivity index (χ1n) is 10.2. The van der Waals surface area contributed by atoms with E-state index in [1.54, 1.807) is 19.0 Å². The molecule has 0 saturated heterocycles. The van der Waals surface area contributed by atoms with Crippen LogP contribution in [0.1, 0.15) is 28.4 Å². The number of hydrogen-bond donors (Lipinski definition) is 2. The summed E-state index contributed by atoms with van der Waals surface area (Å²) in [6, 6.07) is 17.6. The molecule has 0 radical (unpaired) electrons. The zero-order valence-electron chi connectivity index (χ0n) is 18.1. The third-order valence-electron chi connectivity index (χ3n) is 4.39. The molecule has 2 aromatic carbocycles. The second-order valence-corrected chi connectivity index (χ2v) is 8.69. The van der Waals surface area contributed by atoms with Gasteiger partial charge in [0.05, 0.1) is 6.54 Å². The Morgan fingerprint density at radius 2 is 1.77 bits per heavy atom. The molecule has 0 fully saturated rings. The molecule has 0 heterocycles. The number of nitrogens with zero attached hydrogens (tertiary/aromatic N) is 2. The van der Waals surface area contributed by atoms with Crippen LogP contribution in [0.5, 0.6) is 0 Å². The number of amides is 1. The highest BCUT2D eigenvalue weighted by Gasteiger charge is 2.08. The van der Waals surface area contributed by atoms with Gasteiger partial charge >= 0.3 is 0 Å². The van der Waals surface area contributed by atoms with Crippen LogP contribution in [-0.4, -0.2) is 60.5 Å². The van der Waals surface area contributed by atoms with Gasteiger partial charge in [-0.1, -0.05) is 42.5 Å². The number of rotatable bonds is 10. The lowest BCUT2D eigenvalue weighted by molar-refractivity contribution is 0.0827. The van der Waals surface area contributed by atoms with E-state index in [4.69, 9.17) is 0 Å². The van der Waals surface area contributed by atoms with Gasteiger partial charge in [-0.3, -0.25) is 14.0 Å². The first-order valence-corrected chi connectivity index (χ1v) is 11.7. The van der Waals surface area contributed by atoms with Crippen molar-refractivity contribution >= 4 is 22.7 Å². The van der Waals surface area contributed by atoms with Crippen molar-refractivity contribution in [3.8, 4) is 0 Å². The minimum Gasteiger partial charge on any atom is -0.357 e. The molecular formula is C23H32N4O2S. The first kappa shape index (κ1) is 23.6. The summed E-state index contributed by atoms with van der Waals surface area (Å²) in [5.41, 5.74) is 2.87. The van der Waals surface area contributed by atoms with Gasteiger partial charge in [-0.05, 0) is 36.6 Å². The SMILES string of the molecule is CCNC(=NCCS(=O)Cc1ccccc1)NCCc1cccc(C(=O)N(C)C)c1. The zero-order valence-corrected chi connectivity index (χ0v) is 18.9. The third-order valence-corrected chi connectivity index (χ3v) is 5.68. The van der Waals surface area contributed by atoms with Crippen LogP contribution >= 0.6 is 0 Å². The van der Waals surface area contributed by atoms with Crippen molar-refractivity contribution < 1.29 is 9.00 Å². The maximum absolute atomic E-state index is 12.3. The van der Waals surface area contributed by atoms with Crippen LogP contribution < -0.4 is 10.6 Å². The predicted octanol–water partition coefficient (Wildman–Crippen LogP) is 2.43. The molecule has 2 aromatic rings. The molecule has 0 aliphatic heterocycles. The Kier molecular flexibility index (Phi) is 10.1. The maximum atomic E-state index is 12.3. The van der Waals surface area contributed by atoms with Crippen molar-refractivity contribution in [1.29, 1.82) is 0 Å². The molecule has 0 bridgehead atoms. The van der Waals surface area contributed by atoms with E-state index in [0.717, 1.165) is 30.1 Å². The molecule has 0 saturated carbocycles. The number of guanidine groups is 1. The van der Waals surface area contributed by atoms with Gasteiger partial charge in [0, 0.05) is 55.1 Å². The smallest absolute Gasteiger partial charge is 0.253 e. The molecule has 0 aliphatic rings. The number of hydrogen-bond acceptors (Lipinski definition) is 3. The van der Waals surface area contributed by atoms with E-state index in [0.29, 0.717) is 30.2 Å². The molecular weight excluding hydrogens is 396 g/mol. The highest BCUT2D eigenvalue weighted by atomic mass is 32.2. The molecule has 0 aliphatic carbocycles. The Labute approximate surface area is 182 Å². The minimum absolute atomic E-state index is 0.00298. The van der Waals surface area contributed by atoms with E-state index in [-0.39, 0.29) is 5.91 Å². The summed E-state index contributed by atoms with van der Waals surface area (Å²) < 4.78 is 12.3. The molecule has 1 unspecified atom stereocenters. The molecule has 6 nitrogen and oxygen atoms in total. The van der Waals surface area contributed by atoms with Gasteiger partial charge in [-0.15, -0.1) is 0 Å². The van der Waals surface area contributed by atoms with Gasteiger partial charge in [0.2, 0.25) is 0 Å². The highest BCUT2D eigenvalue weighted by Crippen LogP contribution is 2.08. The van der Waals surface area contributed by atoms with E-state index in [9.17, 15) is 9.00 Å². The van der Waals surface area contributed by atoms with Gasteiger partial charge in [-0.25, -0.2) is 0 Å². The van der Waals surface area contributed by atoms with Gasteiger partial charge in [0.25, 0.3) is 5.91 Å². The topological polar surface area (TPSA) is 73.8 Å². The van der Waals surface area contributed by atoms with E-state index >= 15 is 0 Å². The summed E-state index contributed by atoms with van der Waals surface area (Å²) in [5.74, 6) is 1.81. The summed E-state index contributed by atoms with van der Waals surface area (Å²) in [4.78, 5) is 18.2. The fourth-order valence-electron chi connectivity index (χ4n) is 2.88. The summed E-state index contributed by atoms with van der Waals surface area (Å²) in [6.07, 6.45) is 0.777. The van der Waals surface area contributed by atoms with Crippen molar-refractivity contribution in [2.24, 2.45) is 4.99 Å². The Bertz CT molecular complexity index is 853. The molecule has 162 valence electrons. The van der Waals surface area contributed by atoms with Gasteiger partial charge in [-0.2, -0.15) is 0 Å². The average molecular weight is 429 g/mol. The van der Waals surface area contributed by atoms with Crippen LogP contribution in [0, 0.1) is 0 Å². The van der Waals surface area contributed by atoms with Crippen molar-refractivity contribution in [1.82, 2.24) is 15.5 Å². The van der Waals surface area contributed by atoms with Crippen LogP contribution in [0.4, 0.5) is 0 Å². The van der Waals surface area contributed by atoms with E-state index in [1.807, 2.05) is 61.5 Å². The number of carbonyl (C=O) groups excluding carboxylic acids is 1. The fourth-order valence-corrected chi connectivity index (χ4v) is 3.88. The van der Waals surface area contributed by atoms with E-state index in [1.165, 1.54) is 0 Å². The fraction of sp³-hybridized carbons (Fsp3) is 0.391. The van der Waals surface area contributed by atoms with Crippen molar-refractivity contribution in [3.05, 3.63) is 71.3 Å². The Morgan fingerprint density at radius 1 is 1.03 bits per heavy atom. The van der Waals surface area contributed by atoms with Gasteiger partial charge < -0.3 is 15.5 Å².